The predicted octanol–water partition coefficient (Wildman–Crippen LogP) is 1.23. The molecule has 2 N–H and O–H groups in total. The van der Waals surface area contributed by atoms with E-state index in [1.807, 2.05) is 13.8 Å². The van der Waals surface area contributed by atoms with Crippen LogP contribution in [0, 0.1) is 0 Å². The average molecular weight is 224 g/mol. The highest BCUT2D eigenvalue weighted by atomic mass is 16.6. The van der Waals surface area contributed by atoms with Gasteiger partial charge in [-0.25, -0.2) is 0 Å². The molecule has 0 radical (unpaired) electrons. The van der Waals surface area contributed by atoms with E-state index >= 15 is 0 Å². The summed E-state index contributed by atoms with van der Waals surface area (Å²) < 4.78 is 16.0. The molecule has 0 atom stereocenters. The van der Waals surface area contributed by atoms with E-state index < -0.39 is 0 Å². The van der Waals surface area contributed by atoms with Crippen LogP contribution in [-0.2, 0) is 4.74 Å². The van der Waals surface area contributed by atoms with Crippen molar-refractivity contribution in [3.8, 4) is 11.8 Å². The van der Waals surface area contributed by atoms with Crippen molar-refractivity contribution in [1.82, 2.24) is 4.98 Å². The van der Waals surface area contributed by atoms with Gasteiger partial charge < -0.3 is 19.9 Å². The first-order valence-corrected chi connectivity index (χ1v) is 5.32. The van der Waals surface area contributed by atoms with Crippen molar-refractivity contribution < 1.29 is 14.2 Å². The van der Waals surface area contributed by atoms with E-state index in [1.165, 1.54) is 0 Å². The number of rotatable bonds is 4. The van der Waals surface area contributed by atoms with Crippen LogP contribution in [0.2, 0.25) is 0 Å². The fourth-order valence-electron chi connectivity index (χ4n) is 1.27. The lowest BCUT2D eigenvalue weighted by Crippen LogP contribution is -2.38. The third-order valence-corrected chi connectivity index (χ3v) is 2.11. The van der Waals surface area contributed by atoms with Crippen molar-refractivity contribution in [1.29, 1.82) is 0 Å². The number of pyridine rings is 1. The number of nitrogen functional groups attached to an aromatic ring is 1. The van der Waals surface area contributed by atoms with E-state index in [4.69, 9.17) is 19.9 Å². The maximum atomic E-state index is 5.75. The van der Waals surface area contributed by atoms with E-state index in [0.29, 0.717) is 30.7 Å². The van der Waals surface area contributed by atoms with Gasteiger partial charge in [-0.15, -0.1) is 0 Å². The number of ether oxygens (including phenoxy) is 3. The molecule has 0 saturated carbocycles. The summed E-state index contributed by atoms with van der Waals surface area (Å²) in [6, 6.07) is 3.47. The summed E-state index contributed by atoms with van der Waals surface area (Å²) in [6.07, 6.45) is 0.139. The molecule has 0 amide bonds. The Kier molecular flexibility index (Phi) is 3.14. The summed E-state index contributed by atoms with van der Waals surface area (Å²) in [5, 5.41) is 0. The highest BCUT2D eigenvalue weighted by molar-refractivity contribution is 5.49. The number of nitrogens with zero attached hydrogens (tertiary/aromatic N) is 1. The summed E-state index contributed by atoms with van der Waals surface area (Å²) in [5.74, 6) is 0.950. The first-order chi connectivity index (χ1) is 7.65. The van der Waals surface area contributed by atoms with Gasteiger partial charge in [-0.3, -0.25) is 0 Å². The van der Waals surface area contributed by atoms with E-state index in [0.717, 1.165) is 0 Å². The standard InChI is InChI=1S/C11H16N2O3/c1-7(2)15-11-9(12)3-4-10(13-11)16-8-5-14-6-8/h3-4,7-8H,5-6,12H2,1-2H3. The molecule has 1 aliphatic rings. The van der Waals surface area contributed by atoms with E-state index in [9.17, 15) is 0 Å². The Morgan fingerprint density at radius 1 is 1.44 bits per heavy atom. The molecule has 1 fully saturated rings. The second-order valence-corrected chi connectivity index (χ2v) is 3.99. The molecule has 0 bridgehead atoms. The summed E-state index contributed by atoms with van der Waals surface area (Å²) in [6.45, 7) is 5.09. The van der Waals surface area contributed by atoms with Gasteiger partial charge in [-0.05, 0) is 19.9 Å². The zero-order chi connectivity index (χ0) is 11.5. The Hall–Kier alpha value is -1.49. The number of nitrogens with two attached hydrogens (primary N) is 1. The average Bonchev–Trinajstić information content (AvgIpc) is 2.15. The lowest BCUT2D eigenvalue weighted by atomic mass is 10.3. The molecule has 5 heteroatoms. The highest BCUT2D eigenvalue weighted by Gasteiger charge is 2.21. The fraction of sp³-hybridized carbons (Fsp3) is 0.545. The molecular weight excluding hydrogens is 208 g/mol. The zero-order valence-corrected chi connectivity index (χ0v) is 9.47. The van der Waals surface area contributed by atoms with Crippen molar-refractivity contribution in [3.05, 3.63) is 12.1 Å². The van der Waals surface area contributed by atoms with Crippen molar-refractivity contribution in [2.45, 2.75) is 26.1 Å². The van der Waals surface area contributed by atoms with Crippen LogP contribution in [-0.4, -0.2) is 30.4 Å². The molecule has 0 spiro atoms. The molecule has 5 nitrogen and oxygen atoms in total. The zero-order valence-electron chi connectivity index (χ0n) is 9.47. The van der Waals surface area contributed by atoms with Gasteiger partial charge in [-0.2, -0.15) is 4.98 Å². The topological polar surface area (TPSA) is 66.6 Å². The second-order valence-electron chi connectivity index (χ2n) is 3.99. The van der Waals surface area contributed by atoms with Gasteiger partial charge >= 0.3 is 0 Å². The van der Waals surface area contributed by atoms with Crippen molar-refractivity contribution in [2.24, 2.45) is 0 Å². The maximum Gasteiger partial charge on any atom is 0.240 e. The number of hydrogen-bond acceptors (Lipinski definition) is 5. The largest absolute Gasteiger partial charge is 0.473 e. The first kappa shape index (κ1) is 11.0. The van der Waals surface area contributed by atoms with Crippen LogP contribution in [0.1, 0.15) is 13.8 Å². The monoisotopic (exact) mass is 224 g/mol. The molecule has 2 heterocycles. The Labute approximate surface area is 94.5 Å². The molecule has 1 saturated heterocycles. The Morgan fingerprint density at radius 2 is 2.19 bits per heavy atom. The Balaban J connectivity index is 2.07. The first-order valence-electron chi connectivity index (χ1n) is 5.32. The van der Waals surface area contributed by atoms with Gasteiger partial charge in [0.05, 0.1) is 25.0 Å². The molecule has 16 heavy (non-hydrogen) atoms. The van der Waals surface area contributed by atoms with E-state index in [2.05, 4.69) is 4.98 Å². The fourth-order valence-corrected chi connectivity index (χ4v) is 1.27. The molecule has 0 aromatic carbocycles. The summed E-state index contributed by atoms with van der Waals surface area (Å²) in [5.41, 5.74) is 6.27. The van der Waals surface area contributed by atoms with Crippen molar-refractivity contribution >= 4 is 5.69 Å². The van der Waals surface area contributed by atoms with Crippen LogP contribution in [0.15, 0.2) is 12.1 Å². The SMILES string of the molecule is CC(C)Oc1nc(OC2COC2)ccc1N. The number of aromatic nitrogens is 1. The minimum atomic E-state index is 0.0390. The van der Waals surface area contributed by atoms with Crippen LogP contribution < -0.4 is 15.2 Å². The third kappa shape index (κ3) is 2.55. The van der Waals surface area contributed by atoms with Crippen LogP contribution in [0.5, 0.6) is 11.8 Å². The lowest BCUT2D eigenvalue weighted by Gasteiger charge is -2.26. The van der Waals surface area contributed by atoms with Gasteiger partial charge in [0.25, 0.3) is 0 Å². The van der Waals surface area contributed by atoms with Gasteiger partial charge in [0, 0.05) is 6.07 Å². The molecule has 1 aromatic rings. The quantitative estimate of drug-likeness (QED) is 0.833. The van der Waals surface area contributed by atoms with Crippen molar-refractivity contribution in [2.75, 3.05) is 18.9 Å². The molecule has 0 aliphatic carbocycles. The van der Waals surface area contributed by atoms with Crippen molar-refractivity contribution in [3.63, 3.8) is 0 Å². The third-order valence-electron chi connectivity index (χ3n) is 2.11. The highest BCUT2D eigenvalue weighted by Crippen LogP contribution is 2.24. The lowest BCUT2D eigenvalue weighted by molar-refractivity contribution is -0.0814. The Morgan fingerprint density at radius 3 is 2.75 bits per heavy atom. The minimum Gasteiger partial charge on any atom is -0.473 e. The Bertz CT molecular complexity index is 364. The summed E-state index contributed by atoms with van der Waals surface area (Å²) in [4.78, 5) is 4.21. The van der Waals surface area contributed by atoms with Gasteiger partial charge in [0.1, 0.15) is 6.10 Å². The predicted molar refractivity (Wildman–Crippen MR) is 59.6 cm³/mol. The van der Waals surface area contributed by atoms with Crippen LogP contribution in [0.25, 0.3) is 0 Å². The minimum absolute atomic E-state index is 0.0390. The molecule has 88 valence electrons. The summed E-state index contributed by atoms with van der Waals surface area (Å²) >= 11 is 0. The number of hydrogen-bond donors (Lipinski definition) is 1. The van der Waals surface area contributed by atoms with E-state index in [-0.39, 0.29) is 12.2 Å². The molecule has 1 aromatic heterocycles. The van der Waals surface area contributed by atoms with Gasteiger partial charge in [0.15, 0.2) is 0 Å². The molecule has 0 unspecified atom stereocenters. The summed E-state index contributed by atoms with van der Waals surface area (Å²) in [7, 11) is 0. The van der Waals surface area contributed by atoms with Gasteiger partial charge in [0.2, 0.25) is 11.8 Å². The molecule has 1 aliphatic heterocycles. The molecular formula is C11H16N2O3. The van der Waals surface area contributed by atoms with Crippen LogP contribution in [0.3, 0.4) is 0 Å². The van der Waals surface area contributed by atoms with E-state index in [1.54, 1.807) is 12.1 Å². The normalized spacial score (nSPS) is 15.9. The smallest absolute Gasteiger partial charge is 0.240 e. The van der Waals surface area contributed by atoms with Gasteiger partial charge in [-0.1, -0.05) is 0 Å². The second kappa shape index (κ2) is 4.57. The maximum absolute atomic E-state index is 5.75. The number of anilines is 1. The van der Waals surface area contributed by atoms with Crippen LogP contribution >= 0.6 is 0 Å². The van der Waals surface area contributed by atoms with Crippen LogP contribution in [0.4, 0.5) is 5.69 Å². The molecule has 2 rings (SSSR count).